The first kappa shape index (κ1) is 11.1. The summed E-state index contributed by atoms with van der Waals surface area (Å²) < 4.78 is 18.0. The Morgan fingerprint density at radius 2 is 2.18 bits per heavy atom. The van der Waals surface area contributed by atoms with E-state index in [1.807, 2.05) is 0 Å². The molecule has 1 unspecified atom stereocenters. The molecule has 0 aliphatic heterocycles. The Labute approximate surface area is 71.3 Å². The van der Waals surface area contributed by atoms with E-state index in [0.29, 0.717) is 12.5 Å². The Kier molecular flexibility index (Phi) is 6.80. The molecule has 3 nitrogen and oxygen atoms in total. The van der Waals surface area contributed by atoms with Gasteiger partial charge in [-0.1, -0.05) is 13.8 Å². The standard InChI is InChI=1S/C7H17NO2S/c1-7(2)5-4-6-10-11(9)8-3/h7-8H,4-6H2,1-3H3. The zero-order valence-electron chi connectivity index (χ0n) is 7.42. The summed E-state index contributed by atoms with van der Waals surface area (Å²) in [5.74, 6) is 0.696. The first-order valence-electron chi connectivity index (χ1n) is 3.89. The van der Waals surface area contributed by atoms with Gasteiger partial charge in [-0.15, -0.1) is 0 Å². The molecule has 0 fully saturated rings. The van der Waals surface area contributed by atoms with E-state index in [2.05, 4.69) is 18.6 Å². The van der Waals surface area contributed by atoms with Crippen molar-refractivity contribution in [2.75, 3.05) is 13.7 Å². The molecule has 1 atom stereocenters. The van der Waals surface area contributed by atoms with Gasteiger partial charge in [-0.25, -0.2) is 8.93 Å². The Bertz CT molecular complexity index is 117. The van der Waals surface area contributed by atoms with E-state index in [1.54, 1.807) is 7.05 Å². The fourth-order valence-electron chi connectivity index (χ4n) is 0.685. The van der Waals surface area contributed by atoms with Crippen LogP contribution in [0.2, 0.25) is 0 Å². The van der Waals surface area contributed by atoms with Gasteiger partial charge in [-0.2, -0.15) is 0 Å². The monoisotopic (exact) mass is 179 g/mol. The van der Waals surface area contributed by atoms with E-state index in [1.165, 1.54) is 0 Å². The van der Waals surface area contributed by atoms with Gasteiger partial charge in [0.2, 0.25) is 11.3 Å². The highest BCUT2D eigenvalue weighted by Crippen LogP contribution is 2.03. The molecule has 0 aromatic heterocycles. The van der Waals surface area contributed by atoms with Gasteiger partial charge in [0.15, 0.2) is 0 Å². The number of hydrogen-bond donors (Lipinski definition) is 1. The first-order chi connectivity index (χ1) is 5.16. The van der Waals surface area contributed by atoms with Crippen LogP contribution < -0.4 is 4.72 Å². The third-order valence-electron chi connectivity index (χ3n) is 1.28. The van der Waals surface area contributed by atoms with Crippen molar-refractivity contribution < 1.29 is 8.39 Å². The van der Waals surface area contributed by atoms with Crippen LogP contribution in [0.15, 0.2) is 0 Å². The average molecular weight is 179 g/mol. The summed E-state index contributed by atoms with van der Waals surface area (Å²) in [5.41, 5.74) is 0. The highest BCUT2D eigenvalue weighted by molar-refractivity contribution is 7.78. The van der Waals surface area contributed by atoms with Crippen LogP contribution in [0.4, 0.5) is 0 Å². The summed E-state index contributed by atoms with van der Waals surface area (Å²) in [7, 11) is 1.61. The van der Waals surface area contributed by atoms with Gasteiger partial charge >= 0.3 is 0 Å². The lowest BCUT2D eigenvalue weighted by atomic mass is 10.1. The molecule has 4 heteroatoms. The Morgan fingerprint density at radius 1 is 1.55 bits per heavy atom. The molecule has 0 saturated heterocycles. The SMILES string of the molecule is CNS(=O)OCCCC(C)C. The maximum atomic E-state index is 10.6. The van der Waals surface area contributed by atoms with Crippen molar-refractivity contribution in [3.63, 3.8) is 0 Å². The molecule has 68 valence electrons. The summed E-state index contributed by atoms with van der Waals surface area (Å²) in [5, 5.41) is 0. The summed E-state index contributed by atoms with van der Waals surface area (Å²) in [4.78, 5) is 0. The van der Waals surface area contributed by atoms with E-state index >= 15 is 0 Å². The largest absolute Gasteiger partial charge is 0.278 e. The molecular formula is C7H17NO2S. The minimum atomic E-state index is -1.29. The predicted octanol–water partition coefficient (Wildman–Crippen LogP) is 1.24. The van der Waals surface area contributed by atoms with Crippen LogP contribution in [0.1, 0.15) is 26.7 Å². The van der Waals surface area contributed by atoms with Crippen molar-refractivity contribution in [1.29, 1.82) is 0 Å². The summed E-state index contributed by atoms with van der Waals surface area (Å²) in [6.07, 6.45) is 2.10. The van der Waals surface area contributed by atoms with E-state index in [9.17, 15) is 4.21 Å². The van der Waals surface area contributed by atoms with E-state index in [-0.39, 0.29) is 0 Å². The molecule has 0 heterocycles. The maximum absolute atomic E-state index is 10.6. The van der Waals surface area contributed by atoms with E-state index in [4.69, 9.17) is 4.18 Å². The average Bonchev–Trinajstić information content (AvgIpc) is 1.97. The smallest absolute Gasteiger partial charge is 0.234 e. The molecular weight excluding hydrogens is 162 g/mol. The second-order valence-electron chi connectivity index (χ2n) is 2.80. The molecule has 11 heavy (non-hydrogen) atoms. The van der Waals surface area contributed by atoms with Crippen molar-refractivity contribution >= 4 is 11.3 Å². The molecule has 0 aromatic carbocycles. The van der Waals surface area contributed by atoms with Gasteiger partial charge in [0.1, 0.15) is 0 Å². The topological polar surface area (TPSA) is 38.3 Å². The predicted molar refractivity (Wildman–Crippen MR) is 47.2 cm³/mol. The van der Waals surface area contributed by atoms with Crippen molar-refractivity contribution in [3.8, 4) is 0 Å². The fourth-order valence-corrected chi connectivity index (χ4v) is 1.07. The fraction of sp³-hybridized carbons (Fsp3) is 1.00. The quantitative estimate of drug-likeness (QED) is 0.623. The molecule has 0 radical (unpaired) electrons. The summed E-state index contributed by atoms with van der Waals surface area (Å²) >= 11 is -1.29. The molecule has 0 aliphatic carbocycles. The Morgan fingerprint density at radius 3 is 2.64 bits per heavy atom. The van der Waals surface area contributed by atoms with Crippen LogP contribution in [-0.4, -0.2) is 17.9 Å². The van der Waals surface area contributed by atoms with Crippen LogP contribution in [-0.2, 0) is 15.4 Å². The van der Waals surface area contributed by atoms with Crippen molar-refractivity contribution in [3.05, 3.63) is 0 Å². The van der Waals surface area contributed by atoms with Gasteiger partial charge in [-0.3, -0.25) is 4.18 Å². The van der Waals surface area contributed by atoms with Gasteiger partial charge in [0.05, 0.1) is 6.61 Å². The zero-order chi connectivity index (χ0) is 8.69. The first-order valence-corrected chi connectivity index (χ1v) is 4.96. The minimum Gasteiger partial charge on any atom is -0.278 e. The molecule has 0 bridgehead atoms. The van der Waals surface area contributed by atoms with Gasteiger partial charge in [0.25, 0.3) is 0 Å². The van der Waals surface area contributed by atoms with E-state index in [0.717, 1.165) is 12.8 Å². The van der Waals surface area contributed by atoms with Gasteiger partial charge in [-0.05, 0) is 25.8 Å². The van der Waals surface area contributed by atoms with Crippen LogP contribution in [0.3, 0.4) is 0 Å². The number of rotatable bonds is 6. The van der Waals surface area contributed by atoms with Crippen molar-refractivity contribution in [1.82, 2.24) is 4.72 Å². The lowest BCUT2D eigenvalue weighted by Gasteiger charge is -2.03. The second-order valence-corrected chi connectivity index (χ2v) is 3.91. The molecule has 0 aromatic rings. The molecule has 0 saturated carbocycles. The summed E-state index contributed by atoms with van der Waals surface area (Å²) in [6, 6.07) is 0. The molecule has 0 amide bonds. The van der Waals surface area contributed by atoms with Gasteiger partial charge in [0, 0.05) is 0 Å². The number of nitrogens with one attached hydrogen (secondary N) is 1. The normalized spacial score (nSPS) is 13.8. The molecule has 1 N–H and O–H groups in total. The third-order valence-corrected chi connectivity index (χ3v) is 2.00. The van der Waals surface area contributed by atoms with Crippen molar-refractivity contribution in [2.24, 2.45) is 5.92 Å². The molecule has 0 rings (SSSR count). The second kappa shape index (κ2) is 6.76. The molecule has 0 aliphatic rings. The van der Waals surface area contributed by atoms with Crippen LogP contribution in [0, 0.1) is 5.92 Å². The number of hydrogen-bond acceptors (Lipinski definition) is 2. The molecule has 0 spiro atoms. The van der Waals surface area contributed by atoms with Crippen LogP contribution >= 0.6 is 0 Å². The van der Waals surface area contributed by atoms with Crippen LogP contribution in [0.25, 0.3) is 0 Å². The maximum Gasteiger partial charge on any atom is 0.234 e. The van der Waals surface area contributed by atoms with Crippen LogP contribution in [0.5, 0.6) is 0 Å². The minimum absolute atomic E-state index is 0.575. The lowest BCUT2D eigenvalue weighted by Crippen LogP contribution is -2.14. The Balaban J connectivity index is 3.08. The summed E-state index contributed by atoms with van der Waals surface area (Å²) in [6.45, 7) is 4.90. The van der Waals surface area contributed by atoms with Crippen molar-refractivity contribution in [2.45, 2.75) is 26.7 Å². The highest BCUT2D eigenvalue weighted by atomic mass is 32.2. The zero-order valence-corrected chi connectivity index (χ0v) is 8.24. The highest BCUT2D eigenvalue weighted by Gasteiger charge is 1.96. The Hall–Kier alpha value is 0.0700. The van der Waals surface area contributed by atoms with Gasteiger partial charge < -0.3 is 0 Å². The van der Waals surface area contributed by atoms with E-state index < -0.39 is 11.3 Å². The lowest BCUT2D eigenvalue weighted by molar-refractivity contribution is 0.321. The third kappa shape index (κ3) is 7.97.